The number of rotatable bonds is 1. The fourth-order valence-electron chi connectivity index (χ4n) is 1.08. The second kappa shape index (κ2) is 3.95. The van der Waals surface area contributed by atoms with Gasteiger partial charge < -0.3 is 5.73 Å². The minimum Gasteiger partial charge on any atom is -0.369 e. The molecule has 0 bridgehead atoms. The molecule has 1 aliphatic carbocycles. The number of aliphatic imine (C=N–C) groups is 1. The molecule has 62 valence electrons. The van der Waals surface area contributed by atoms with Crippen molar-refractivity contribution in [1.82, 2.24) is 5.43 Å². The van der Waals surface area contributed by atoms with Crippen molar-refractivity contribution in [3.8, 4) is 0 Å². The molecule has 1 rings (SSSR count). The molecule has 4 nitrogen and oxygen atoms in total. The second-order valence-electron chi connectivity index (χ2n) is 2.61. The molecule has 0 aromatic carbocycles. The van der Waals surface area contributed by atoms with Crippen LogP contribution in [-0.2, 0) is 0 Å². The first-order valence-electron chi connectivity index (χ1n) is 3.86. The van der Waals surface area contributed by atoms with Gasteiger partial charge in [0.15, 0.2) is 0 Å². The van der Waals surface area contributed by atoms with Gasteiger partial charge in [-0.05, 0) is 25.7 Å². The molecule has 0 atom stereocenters. The third kappa shape index (κ3) is 2.57. The zero-order chi connectivity index (χ0) is 8.10. The fourth-order valence-corrected chi connectivity index (χ4v) is 1.08. The quantitative estimate of drug-likeness (QED) is 0.327. The maximum Gasteiger partial charge on any atom is 0.209 e. The lowest BCUT2D eigenvalue weighted by Crippen LogP contribution is -2.27. The molecule has 0 radical (unpaired) electrons. The van der Waals surface area contributed by atoms with Crippen LogP contribution in [-0.4, -0.2) is 18.7 Å². The third-order valence-electron chi connectivity index (χ3n) is 1.75. The average molecular weight is 154 g/mol. The van der Waals surface area contributed by atoms with Crippen LogP contribution in [0, 0.1) is 0 Å². The summed E-state index contributed by atoms with van der Waals surface area (Å²) in [5.74, 6) is 0.379. The van der Waals surface area contributed by atoms with E-state index in [0.717, 1.165) is 12.8 Å². The van der Waals surface area contributed by atoms with Crippen LogP contribution in [0.5, 0.6) is 0 Å². The van der Waals surface area contributed by atoms with Crippen molar-refractivity contribution in [3.05, 3.63) is 0 Å². The number of guanidine groups is 1. The van der Waals surface area contributed by atoms with E-state index >= 15 is 0 Å². The highest BCUT2D eigenvalue weighted by Gasteiger charge is 2.07. The van der Waals surface area contributed by atoms with Gasteiger partial charge in [0.25, 0.3) is 0 Å². The maximum absolute atomic E-state index is 5.38. The van der Waals surface area contributed by atoms with Crippen molar-refractivity contribution in [2.24, 2.45) is 15.8 Å². The molecular formula is C7H14N4. The molecule has 0 spiro atoms. The van der Waals surface area contributed by atoms with Crippen LogP contribution in [0.2, 0.25) is 0 Å². The van der Waals surface area contributed by atoms with Crippen LogP contribution in [0.1, 0.15) is 25.7 Å². The Morgan fingerprint density at radius 1 is 1.45 bits per heavy atom. The van der Waals surface area contributed by atoms with Crippen molar-refractivity contribution in [3.63, 3.8) is 0 Å². The minimum absolute atomic E-state index is 0.379. The Kier molecular flexibility index (Phi) is 2.89. The molecule has 1 fully saturated rings. The van der Waals surface area contributed by atoms with Gasteiger partial charge in [0, 0.05) is 12.8 Å². The largest absolute Gasteiger partial charge is 0.369 e. The summed E-state index contributed by atoms with van der Waals surface area (Å²) in [5, 5.41) is 4.10. The molecular weight excluding hydrogens is 140 g/mol. The van der Waals surface area contributed by atoms with E-state index in [-0.39, 0.29) is 0 Å². The summed E-state index contributed by atoms with van der Waals surface area (Å²) in [6.07, 6.45) is 4.71. The van der Waals surface area contributed by atoms with E-state index in [4.69, 9.17) is 5.73 Å². The van der Waals surface area contributed by atoms with Gasteiger partial charge in [-0.2, -0.15) is 5.10 Å². The van der Waals surface area contributed by atoms with Crippen molar-refractivity contribution in [1.29, 1.82) is 0 Å². The van der Waals surface area contributed by atoms with Crippen molar-refractivity contribution in [2.75, 3.05) is 7.05 Å². The Bertz CT molecular complexity index is 175. The minimum atomic E-state index is 0.379. The van der Waals surface area contributed by atoms with Crippen LogP contribution >= 0.6 is 0 Å². The Morgan fingerprint density at radius 3 is 2.64 bits per heavy atom. The molecule has 3 N–H and O–H groups in total. The SMILES string of the molecule is CN=C(N)NN=C1CCCC1. The van der Waals surface area contributed by atoms with Gasteiger partial charge in [-0.25, -0.2) is 5.43 Å². The monoisotopic (exact) mass is 154 g/mol. The molecule has 0 aromatic rings. The first-order chi connectivity index (χ1) is 5.33. The standard InChI is InChI=1S/C7H14N4/c1-9-7(8)11-10-6-4-2-3-5-6/h2-5H2,1H3,(H3,8,9,11). The van der Waals surface area contributed by atoms with Crippen LogP contribution in [0.15, 0.2) is 10.1 Å². The molecule has 0 aromatic heterocycles. The molecule has 0 aliphatic heterocycles. The summed E-state index contributed by atoms with van der Waals surface area (Å²) in [6, 6.07) is 0. The molecule has 0 unspecified atom stereocenters. The van der Waals surface area contributed by atoms with Crippen LogP contribution < -0.4 is 11.2 Å². The predicted octanol–water partition coefficient (Wildman–Crippen LogP) is 0.450. The van der Waals surface area contributed by atoms with Crippen molar-refractivity contribution in [2.45, 2.75) is 25.7 Å². The lowest BCUT2D eigenvalue weighted by molar-refractivity contribution is 0.886. The molecule has 1 saturated carbocycles. The maximum atomic E-state index is 5.38. The Hall–Kier alpha value is -1.06. The molecule has 11 heavy (non-hydrogen) atoms. The summed E-state index contributed by atoms with van der Waals surface area (Å²) in [5.41, 5.74) is 9.28. The topological polar surface area (TPSA) is 62.8 Å². The highest BCUT2D eigenvalue weighted by molar-refractivity contribution is 5.87. The van der Waals surface area contributed by atoms with Gasteiger partial charge >= 0.3 is 0 Å². The van der Waals surface area contributed by atoms with Gasteiger partial charge in [0.1, 0.15) is 0 Å². The highest BCUT2D eigenvalue weighted by atomic mass is 15.4. The fraction of sp³-hybridized carbons (Fsp3) is 0.714. The van der Waals surface area contributed by atoms with E-state index < -0.39 is 0 Å². The van der Waals surface area contributed by atoms with Crippen LogP contribution in [0.25, 0.3) is 0 Å². The van der Waals surface area contributed by atoms with Crippen LogP contribution in [0.3, 0.4) is 0 Å². The van der Waals surface area contributed by atoms with Gasteiger partial charge in [-0.15, -0.1) is 0 Å². The summed E-state index contributed by atoms with van der Waals surface area (Å²) in [4.78, 5) is 3.73. The average Bonchev–Trinajstić information content (AvgIpc) is 2.52. The molecule has 1 aliphatic rings. The molecule has 0 saturated heterocycles. The zero-order valence-electron chi connectivity index (χ0n) is 6.80. The summed E-state index contributed by atoms with van der Waals surface area (Å²) >= 11 is 0. The van der Waals surface area contributed by atoms with E-state index in [0.29, 0.717) is 5.96 Å². The van der Waals surface area contributed by atoms with E-state index in [1.807, 2.05) is 0 Å². The van der Waals surface area contributed by atoms with E-state index in [1.165, 1.54) is 18.6 Å². The number of hydrazone groups is 1. The Morgan fingerprint density at radius 2 is 2.09 bits per heavy atom. The van der Waals surface area contributed by atoms with Crippen molar-refractivity contribution < 1.29 is 0 Å². The second-order valence-corrected chi connectivity index (χ2v) is 2.61. The molecule has 4 heteroatoms. The number of nitrogens with zero attached hydrogens (tertiary/aromatic N) is 2. The van der Waals surface area contributed by atoms with Gasteiger partial charge in [0.2, 0.25) is 5.96 Å². The summed E-state index contributed by atoms with van der Waals surface area (Å²) in [6.45, 7) is 0. The summed E-state index contributed by atoms with van der Waals surface area (Å²) in [7, 11) is 1.64. The van der Waals surface area contributed by atoms with Gasteiger partial charge in [-0.1, -0.05) is 0 Å². The van der Waals surface area contributed by atoms with Gasteiger partial charge in [-0.3, -0.25) is 4.99 Å². The molecule has 0 heterocycles. The lowest BCUT2D eigenvalue weighted by atomic mass is 10.3. The van der Waals surface area contributed by atoms with Crippen molar-refractivity contribution >= 4 is 11.7 Å². The van der Waals surface area contributed by atoms with E-state index in [1.54, 1.807) is 7.05 Å². The third-order valence-corrected chi connectivity index (χ3v) is 1.75. The highest BCUT2D eigenvalue weighted by Crippen LogP contribution is 2.13. The van der Waals surface area contributed by atoms with E-state index in [9.17, 15) is 0 Å². The van der Waals surface area contributed by atoms with Crippen LogP contribution in [0.4, 0.5) is 0 Å². The molecule has 0 amide bonds. The Balaban J connectivity index is 2.34. The summed E-state index contributed by atoms with van der Waals surface area (Å²) < 4.78 is 0. The first kappa shape index (κ1) is 8.04. The Labute approximate surface area is 66.6 Å². The lowest BCUT2D eigenvalue weighted by Gasteiger charge is -1.98. The zero-order valence-corrected chi connectivity index (χ0v) is 6.80. The number of hydrogen-bond acceptors (Lipinski definition) is 2. The van der Waals surface area contributed by atoms with E-state index in [2.05, 4.69) is 15.5 Å². The predicted molar refractivity (Wildman–Crippen MR) is 46.6 cm³/mol. The number of hydrogen-bond donors (Lipinski definition) is 2. The smallest absolute Gasteiger partial charge is 0.209 e. The number of nitrogens with one attached hydrogen (secondary N) is 1. The number of nitrogens with two attached hydrogens (primary N) is 1. The van der Waals surface area contributed by atoms with Gasteiger partial charge in [0.05, 0.1) is 0 Å². The normalized spacial score (nSPS) is 18.6. The first-order valence-corrected chi connectivity index (χ1v) is 3.86.